The highest BCUT2D eigenvalue weighted by atomic mass is 35.5. The van der Waals surface area contributed by atoms with Crippen LogP contribution in [0.15, 0.2) is 53.7 Å². The normalized spacial score (nSPS) is 16.7. The Kier molecular flexibility index (Phi) is 7.34. The maximum Gasteiger partial charge on any atom is 0.237 e. The molecule has 3 aromatic rings. The zero-order valence-electron chi connectivity index (χ0n) is 18.0. The lowest BCUT2D eigenvalue weighted by molar-refractivity contribution is -0.115. The van der Waals surface area contributed by atoms with E-state index < -0.39 is 0 Å². The van der Waals surface area contributed by atoms with E-state index in [-0.39, 0.29) is 17.3 Å². The summed E-state index contributed by atoms with van der Waals surface area (Å²) in [6.07, 6.45) is 2.16. The van der Waals surface area contributed by atoms with Crippen molar-refractivity contribution in [2.24, 2.45) is 0 Å². The first-order valence-electron chi connectivity index (χ1n) is 10.5. The second-order valence-electron chi connectivity index (χ2n) is 7.54. The van der Waals surface area contributed by atoms with E-state index in [0.717, 1.165) is 36.6 Å². The summed E-state index contributed by atoms with van der Waals surface area (Å²) < 4.78 is 13.2. The van der Waals surface area contributed by atoms with Crippen molar-refractivity contribution in [3.63, 3.8) is 0 Å². The number of halogens is 1. The first kappa shape index (κ1) is 22.6. The number of rotatable bonds is 8. The summed E-state index contributed by atoms with van der Waals surface area (Å²) >= 11 is 7.30. The molecule has 0 aliphatic carbocycles. The van der Waals surface area contributed by atoms with Crippen molar-refractivity contribution in [1.82, 2.24) is 14.8 Å². The van der Waals surface area contributed by atoms with E-state index in [0.29, 0.717) is 22.4 Å². The summed E-state index contributed by atoms with van der Waals surface area (Å²) in [5, 5.41) is 12.7. The highest BCUT2D eigenvalue weighted by Gasteiger charge is 2.24. The van der Waals surface area contributed by atoms with Crippen LogP contribution in [0.3, 0.4) is 0 Å². The summed E-state index contributed by atoms with van der Waals surface area (Å²) in [5.74, 6) is 1.41. The summed E-state index contributed by atoms with van der Waals surface area (Å²) in [6.45, 7) is 3.27. The minimum Gasteiger partial charge on any atom is -0.497 e. The molecular formula is C23H25ClN4O3S. The number of benzene rings is 2. The first-order valence-corrected chi connectivity index (χ1v) is 11.7. The fourth-order valence-corrected chi connectivity index (χ4v) is 4.46. The number of nitrogens with zero attached hydrogens (tertiary/aromatic N) is 3. The number of anilines is 1. The Morgan fingerprint density at radius 2 is 2.00 bits per heavy atom. The molecule has 2 atom stereocenters. The van der Waals surface area contributed by atoms with Crippen LogP contribution in [0.5, 0.6) is 5.75 Å². The highest BCUT2D eigenvalue weighted by Crippen LogP contribution is 2.30. The monoisotopic (exact) mass is 472 g/mol. The van der Waals surface area contributed by atoms with Gasteiger partial charge in [0.1, 0.15) is 5.75 Å². The smallest absolute Gasteiger partial charge is 0.237 e. The number of nitrogens with one attached hydrogen (secondary N) is 1. The van der Waals surface area contributed by atoms with Crippen molar-refractivity contribution < 1.29 is 14.3 Å². The van der Waals surface area contributed by atoms with Crippen LogP contribution in [0.25, 0.3) is 11.4 Å². The van der Waals surface area contributed by atoms with Crippen LogP contribution >= 0.6 is 23.4 Å². The molecule has 1 amide bonds. The number of hydrogen-bond donors (Lipinski definition) is 1. The first-order chi connectivity index (χ1) is 15.5. The van der Waals surface area contributed by atoms with Gasteiger partial charge in [-0.05, 0) is 68.3 Å². The number of methoxy groups -OCH3 is 1. The van der Waals surface area contributed by atoms with Gasteiger partial charge in [0.05, 0.1) is 25.0 Å². The lowest BCUT2D eigenvalue weighted by Crippen LogP contribution is -2.23. The number of ether oxygens (including phenoxy) is 2. The van der Waals surface area contributed by atoms with Gasteiger partial charge in [-0.25, -0.2) is 0 Å². The zero-order chi connectivity index (χ0) is 22.5. The van der Waals surface area contributed by atoms with E-state index in [4.69, 9.17) is 21.1 Å². The standard InChI is InChI=1S/C23H25ClN4O3S/c1-15(22(29)25-18-9-7-17(24)8-10-18)32-23-27-26-21(16-5-11-19(30-2)12-6-16)28(23)14-20-4-3-13-31-20/h5-12,15,20H,3-4,13-14H2,1-2H3,(H,25,29)/t15-,20+/m0/s1. The molecule has 32 heavy (non-hydrogen) atoms. The van der Waals surface area contributed by atoms with Gasteiger partial charge in [-0.15, -0.1) is 10.2 Å². The van der Waals surface area contributed by atoms with Gasteiger partial charge in [0.15, 0.2) is 11.0 Å². The molecule has 1 aliphatic heterocycles. The van der Waals surface area contributed by atoms with Gasteiger partial charge in [-0.2, -0.15) is 0 Å². The van der Waals surface area contributed by atoms with E-state index in [9.17, 15) is 4.79 Å². The van der Waals surface area contributed by atoms with E-state index in [2.05, 4.69) is 20.1 Å². The van der Waals surface area contributed by atoms with Gasteiger partial charge in [0, 0.05) is 22.9 Å². The average molecular weight is 473 g/mol. The van der Waals surface area contributed by atoms with Crippen LogP contribution in [0.1, 0.15) is 19.8 Å². The van der Waals surface area contributed by atoms with E-state index in [1.54, 1.807) is 31.4 Å². The highest BCUT2D eigenvalue weighted by molar-refractivity contribution is 8.00. The maximum atomic E-state index is 12.7. The predicted octanol–water partition coefficient (Wildman–Crippen LogP) is 4.91. The summed E-state index contributed by atoms with van der Waals surface area (Å²) in [7, 11) is 1.64. The molecule has 1 N–H and O–H groups in total. The number of thioether (sulfide) groups is 1. The van der Waals surface area contributed by atoms with Gasteiger partial charge in [-0.1, -0.05) is 23.4 Å². The van der Waals surface area contributed by atoms with Crippen molar-refractivity contribution in [2.45, 2.75) is 42.8 Å². The van der Waals surface area contributed by atoms with Crippen molar-refractivity contribution >= 4 is 35.0 Å². The Hall–Kier alpha value is -2.55. The molecule has 2 heterocycles. The van der Waals surface area contributed by atoms with E-state index in [1.807, 2.05) is 31.2 Å². The van der Waals surface area contributed by atoms with Crippen molar-refractivity contribution in [3.05, 3.63) is 53.6 Å². The molecule has 1 aromatic heterocycles. The molecular weight excluding hydrogens is 448 g/mol. The zero-order valence-corrected chi connectivity index (χ0v) is 19.5. The largest absolute Gasteiger partial charge is 0.497 e. The molecule has 1 aliphatic rings. The molecule has 9 heteroatoms. The number of hydrogen-bond acceptors (Lipinski definition) is 6. The third-order valence-corrected chi connectivity index (χ3v) is 6.57. The molecule has 0 radical (unpaired) electrons. The lowest BCUT2D eigenvalue weighted by atomic mass is 10.2. The van der Waals surface area contributed by atoms with Gasteiger partial charge in [0.2, 0.25) is 5.91 Å². The second kappa shape index (κ2) is 10.4. The molecule has 0 spiro atoms. The second-order valence-corrected chi connectivity index (χ2v) is 9.28. The maximum absolute atomic E-state index is 12.7. The Morgan fingerprint density at radius 3 is 2.66 bits per heavy atom. The van der Waals surface area contributed by atoms with Crippen LogP contribution in [0.4, 0.5) is 5.69 Å². The third kappa shape index (κ3) is 5.43. The average Bonchev–Trinajstić information content (AvgIpc) is 3.46. The molecule has 0 saturated carbocycles. The van der Waals surface area contributed by atoms with Crippen LogP contribution < -0.4 is 10.1 Å². The topological polar surface area (TPSA) is 78.3 Å². The summed E-state index contributed by atoms with van der Waals surface area (Å²) in [4.78, 5) is 12.7. The SMILES string of the molecule is COc1ccc(-c2nnc(S[C@@H](C)C(=O)Nc3ccc(Cl)cc3)n2C[C@H]2CCCO2)cc1. The number of carbonyl (C=O) groups is 1. The van der Waals surface area contributed by atoms with Crippen LogP contribution in [-0.4, -0.2) is 45.7 Å². The Labute approximate surface area is 196 Å². The van der Waals surface area contributed by atoms with Gasteiger partial charge >= 0.3 is 0 Å². The van der Waals surface area contributed by atoms with Crippen molar-refractivity contribution in [1.29, 1.82) is 0 Å². The fraction of sp³-hybridized carbons (Fsp3) is 0.348. The number of amides is 1. The van der Waals surface area contributed by atoms with E-state index in [1.165, 1.54) is 11.8 Å². The molecule has 1 saturated heterocycles. The van der Waals surface area contributed by atoms with Gasteiger partial charge in [-0.3, -0.25) is 9.36 Å². The molecule has 0 bridgehead atoms. The minimum atomic E-state index is -0.373. The van der Waals surface area contributed by atoms with Crippen molar-refractivity contribution in [2.75, 3.05) is 19.0 Å². The number of carbonyl (C=O) groups excluding carboxylic acids is 1. The Balaban J connectivity index is 1.54. The van der Waals surface area contributed by atoms with Crippen LogP contribution in [0.2, 0.25) is 5.02 Å². The molecule has 168 valence electrons. The molecule has 2 aromatic carbocycles. The third-order valence-electron chi connectivity index (χ3n) is 5.24. The lowest BCUT2D eigenvalue weighted by Gasteiger charge is -2.16. The van der Waals surface area contributed by atoms with Crippen LogP contribution in [0, 0.1) is 0 Å². The number of aromatic nitrogens is 3. The quantitative estimate of drug-likeness (QED) is 0.469. The minimum absolute atomic E-state index is 0.112. The fourth-order valence-electron chi connectivity index (χ4n) is 3.47. The van der Waals surface area contributed by atoms with Crippen molar-refractivity contribution in [3.8, 4) is 17.1 Å². The Bertz CT molecular complexity index is 1050. The van der Waals surface area contributed by atoms with Gasteiger partial charge in [0.25, 0.3) is 0 Å². The predicted molar refractivity (Wildman–Crippen MR) is 126 cm³/mol. The molecule has 7 nitrogen and oxygen atoms in total. The molecule has 4 rings (SSSR count). The summed E-state index contributed by atoms with van der Waals surface area (Å²) in [6, 6.07) is 14.8. The molecule has 1 fully saturated rings. The molecule has 0 unspecified atom stereocenters. The Morgan fingerprint density at radius 1 is 1.25 bits per heavy atom. The summed E-state index contributed by atoms with van der Waals surface area (Å²) in [5.41, 5.74) is 1.63. The van der Waals surface area contributed by atoms with E-state index >= 15 is 0 Å². The van der Waals surface area contributed by atoms with Crippen LogP contribution in [-0.2, 0) is 16.1 Å². The van der Waals surface area contributed by atoms with Gasteiger partial charge < -0.3 is 14.8 Å².